The average molecular weight is 429 g/mol. The minimum absolute atomic E-state index is 0.162. The number of rotatable bonds is 7. The van der Waals surface area contributed by atoms with Gasteiger partial charge in [-0.3, -0.25) is 9.10 Å². The van der Waals surface area contributed by atoms with Crippen LogP contribution >= 0.6 is 11.3 Å². The Hall–Kier alpha value is -2.64. The van der Waals surface area contributed by atoms with Gasteiger partial charge in [0.1, 0.15) is 6.54 Å². The van der Waals surface area contributed by atoms with Crippen LogP contribution in [-0.4, -0.2) is 20.9 Å². The predicted octanol–water partition coefficient (Wildman–Crippen LogP) is 4.19. The molecule has 0 fully saturated rings. The Kier molecular flexibility index (Phi) is 6.39. The van der Waals surface area contributed by atoms with Gasteiger partial charge in [0, 0.05) is 4.88 Å². The van der Waals surface area contributed by atoms with E-state index in [4.69, 9.17) is 0 Å². The summed E-state index contributed by atoms with van der Waals surface area (Å²) in [5, 5.41) is 4.75. The molecule has 0 saturated carbocycles. The molecule has 5 nitrogen and oxygen atoms in total. The van der Waals surface area contributed by atoms with E-state index in [2.05, 4.69) is 5.32 Å². The van der Waals surface area contributed by atoms with Gasteiger partial charge in [0.05, 0.1) is 17.1 Å². The molecule has 0 bridgehead atoms. The van der Waals surface area contributed by atoms with Crippen molar-refractivity contribution in [3.05, 3.63) is 81.5 Å². The van der Waals surface area contributed by atoms with Crippen LogP contribution in [0.15, 0.2) is 64.9 Å². The quantitative estimate of drug-likeness (QED) is 0.614. The molecular weight excluding hydrogens is 404 g/mol. The molecule has 1 amide bonds. The zero-order valence-corrected chi connectivity index (χ0v) is 18.3. The van der Waals surface area contributed by atoms with Gasteiger partial charge in [-0.25, -0.2) is 8.42 Å². The van der Waals surface area contributed by atoms with E-state index in [1.165, 1.54) is 4.31 Å². The van der Waals surface area contributed by atoms with Crippen LogP contribution in [0.25, 0.3) is 0 Å². The van der Waals surface area contributed by atoms with Crippen LogP contribution in [-0.2, 0) is 21.4 Å². The number of sulfonamides is 1. The highest BCUT2D eigenvalue weighted by Gasteiger charge is 2.28. The third-order valence-electron chi connectivity index (χ3n) is 4.78. The Morgan fingerprint density at radius 3 is 2.38 bits per heavy atom. The molecule has 2 aromatic carbocycles. The molecule has 1 N–H and O–H groups in total. The first-order chi connectivity index (χ1) is 13.8. The van der Waals surface area contributed by atoms with E-state index in [1.807, 2.05) is 44.4 Å². The Labute approximate surface area is 176 Å². The van der Waals surface area contributed by atoms with Crippen molar-refractivity contribution in [3.8, 4) is 0 Å². The molecule has 0 saturated heterocycles. The average Bonchev–Trinajstić information content (AvgIpc) is 3.21. The lowest BCUT2D eigenvalue weighted by Gasteiger charge is -2.26. The molecule has 29 heavy (non-hydrogen) atoms. The SMILES string of the molecule is Cc1ccc(S(=O)(=O)N(CC(=O)NCc2cccs2)c2cccc(C)c2C)cc1. The normalized spacial score (nSPS) is 11.3. The number of benzene rings is 2. The van der Waals surface area contributed by atoms with Gasteiger partial charge in [0.2, 0.25) is 5.91 Å². The molecule has 7 heteroatoms. The molecule has 0 spiro atoms. The van der Waals surface area contributed by atoms with E-state index in [-0.39, 0.29) is 17.3 Å². The Morgan fingerprint density at radius 2 is 1.72 bits per heavy atom. The zero-order valence-electron chi connectivity index (χ0n) is 16.7. The summed E-state index contributed by atoms with van der Waals surface area (Å²) in [6, 6.07) is 16.0. The van der Waals surface area contributed by atoms with Gasteiger partial charge in [0.15, 0.2) is 0 Å². The maximum atomic E-state index is 13.4. The van der Waals surface area contributed by atoms with Gasteiger partial charge in [0.25, 0.3) is 10.0 Å². The van der Waals surface area contributed by atoms with Crippen molar-refractivity contribution in [1.82, 2.24) is 5.32 Å². The fourth-order valence-electron chi connectivity index (χ4n) is 2.93. The zero-order chi connectivity index (χ0) is 21.0. The van der Waals surface area contributed by atoms with Crippen molar-refractivity contribution in [2.75, 3.05) is 10.8 Å². The van der Waals surface area contributed by atoms with Crippen LogP contribution in [0, 0.1) is 20.8 Å². The van der Waals surface area contributed by atoms with Gasteiger partial charge in [-0.2, -0.15) is 0 Å². The van der Waals surface area contributed by atoms with Crippen LogP contribution in [0.3, 0.4) is 0 Å². The molecule has 0 unspecified atom stereocenters. The maximum Gasteiger partial charge on any atom is 0.264 e. The number of aryl methyl sites for hydroxylation is 2. The summed E-state index contributed by atoms with van der Waals surface area (Å²) in [5.74, 6) is -0.352. The summed E-state index contributed by atoms with van der Waals surface area (Å²) in [5.41, 5.74) is 3.27. The van der Waals surface area contributed by atoms with Crippen LogP contribution in [0.5, 0.6) is 0 Å². The summed E-state index contributed by atoms with van der Waals surface area (Å²) >= 11 is 1.54. The van der Waals surface area contributed by atoms with Crippen LogP contribution in [0.2, 0.25) is 0 Å². The van der Waals surface area contributed by atoms with E-state index in [0.29, 0.717) is 12.2 Å². The van der Waals surface area contributed by atoms with Gasteiger partial charge in [-0.05, 0) is 61.5 Å². The van der Waals surface area contributed by atoms with Gasteiger partial charge in [-0.15, -0.1) is 11.3 Å². The van der Waals surface area contributed by atoms with Crippen molar-refractivity contribution in [2.24, 2.45) is 0 Å². The molecule has 1 aromatic heterocycles. The summed E-state index contributed by atoms with van der Waals surface area (Å²) in [7, 11) is -3.90. The molecule has 0 radical (unpaired) electrons. The number of thiophene rings is 1. The third-order valence-corrected chi connectivity index (χ3v) is 7.43. The lowest BCUT2D eigenvalue weighted by Crippen LogP contribution is -2.41. The number of hydrogen-bond acceptors (Lipinski definition) is 4. The number of nitrogens with zero attached hydrogens (tertiary/aromatic N) is 1. The summed E-state index contributed by atoms with van der Waals surface area (Å²) in [4.78, 5) is 13.8. The topological polar surface area (TPSA) is 66.5 Å². The molecule has 0 atom stereocenters. The fraction of sp³-hybridized carbons (Fsp3) is 0.227. The monoisotopic (exact) mass is 428 g/mol. The van der Waals surface area contributed by atoms with Crippen LogP contribution < -0.4 is 9.62 Å². The Morgan fingerprint density at radius 1 is 1.00 bits per heavy atom. The molecule has 1 heterocycles. The predicted molar refractivity (Wildman–Crippen MR) is 118 cm³/mol. The molecule has 0 aliphatic carbocycles. The minimum atomic E-state index is -3.90. The molecule has 0 aliphatic rings. The lowest BCUT2D eigenvalue weighted by atomic mass is 10.1. The number of hydrogen-bond donors (Lipinski definition) is 1. The first-order valence-electron chi connectivity index (χ1n) is 9.24. The largest absolute Gasteiger partial charge is 0.350 e. The minimum Gasteiger partial charge on any atom is -0.350 e. The van der Waals surface area contributed by atoms with Crippen molar-refractivity contribution in [3.63, 3.8) is 0 Å². The Bertz CT molecular complexity index is 1090. The summed E-state index contributed by atoms with van der Waals surface area (Å²) in [6.45, 7) is 5.78. The highest BCUT2D eigenvalue weighted by molar-refractivity contribution is 7.92. The second kappa shape index (κ2) is 8.80. The van der Waals surface area contributed by atoms with Crippen molar-refractivity contribution < 1.29 is 13.2 Å². The van der Waals surface area contributed by atoms with Crippen LogP contribution in [0.1, 0.15) is 21.6 Å². The fourth-order valence-corrected chi connectivity index (χ4v) is 5.05. The van der Waals surface area contributed by atoms with Gasteiger partial charge >= 0.3 is 0 Å². The van der Waals surface area contributed by atoms with E-state index in [1.54, 1.807) is 47.7 Å². The second-order valence-corrected chi connectivity index (χ2v) is 9.79. The van der Waals surface area contributed by atoms with Crippen molar-refractivity contribution >= 4 is 33.0 Å². The molecule has 0 aliphatic heterocycles. The summed E-state index contributed by atoms with van der Waals surface area (Å²) < 4.78 is 28.0. The van der Waals surface area contributed by atoms with Gasteiger partial charge in [-0.1, -0.05) is 35.9 Å². The second-order valence-electron chi connectivity index (χ2n) is 6.90. The standard InChI is InChI=1S/C22H24N2O3S2/c1-16-9-11-20(12-10-16)29(26,27)24(21-8-4-6-17(2)18(21)3)15-22(25)23-14-19-7-5-13-28-19/h4-13H,14-15H2,1-3H3,(H,23,25). The number of nitrogens with one attached hydrogen (secondary N) is 1. The third kappa shape index (κ3) is 4.86. The van der Waals surface area contributed by atoms with Gasteiger partial charge < -0.3 is 5.32 Å². The first-order valence-corrected chi connectivity index (χ1v) is 11.6. The Balaban J connectivity index is 1.94. The number of amides is 1. The van der Waals surface area contributed by atoms with E-state index >= 15 is 0 Å². The van der Waals surface area contributed by atoms with Crippen LogP contribution in [0.4, 0.5) is 5.69 Å². The van der Waals surface area contributed by atoms with E-state index in [0.717, 1.165) is 21.6 Å². The first kappa shape index (κ1) is 21.1. The molecule has 152 valence electrons. The highest BCUT2D eigenvalue weighted by Crippen LogP contribution is 2.28. The molecule has 3 rings (SSSR count). The number of carbonyl (C=O) groups excluding carboxylic acids is 1. The smallest absolute Gasteiger partial charge is 0.264 e. The van der Waals surface area contributed by atoms with E-state index < -0.39 is 10.0 Å². The van der Waals surface area contributed by atoms with Crippen molar-refractivity contribution in [1.29, 1.82) is 0 Å². The van der Waals surface area contributed by atoms with E-state index in [9.17, 15) is 13.2 Å². The summed E-state index contributed by atoms with van der Waals surface area (Å²) in [6.07, 6.45) is 0. The number of carbonyl (C=O) groups is 1. The molecular formula is C22H24N2O3S2. The molecule has 3 aromatic rings. The maximum absolute atomic E-state index is 13.4. The lowest BCUT2D eigenvalue weighted by molar-refractivity contribution is -0.119. The highest BCUT2D eigenvalue weighted by atomic mass is 32.2. The number of anilines is 1. The van der Waals surface area contributed by atoms with Crippen molar-refractivity contribution in [2.45, 2.75) is 32.2 Å².